The number of ether oxygens (including phenoxy) is 2. The number of nitrogens with zero attached hydrogens (tertiary/aromatic N) is 1. The Kier molecular flexibility index (Phi) is 5.88. The normalized spacial score (nSPS) is 22.9. The molecule has 0 aromatic heterocycles. The first-order valence-corrected chi connectivity index (χ1v) is 8.24. The lowest BCUT2D eigenvalue weighted by molar-refractivity contribution is 0.0232. The Morgan fingerprint density at radius 1 is 1.33 bits per heavy atom. The Balaban J connectivity index is 1.67. The van der Waals surface area contributed by atoms with Gasteiger partial charge in [-0.3, -0.25) is 0 Å². The standard InChI is InChI=1S/C16H30N2O3/c1-16(2,3)21-15(19)18(14-6-7-14)9-8-17-11-13-5-4-10-20-12-13/h13-14,17H,4-12H2,1-3H3. The van der Waals surface area contributed by atoms with Gasteiger partial charge in [0.25, 0.3) is 0 Å². The van der Waals surface area contributed by atoms with Crippen LogP contribution >= 0.6 is 0 Å². The Morgan fingerprint density at radius 2 is 2.10 bits per heavy atom. The third kappa shape index (κ3) is 6.22. The van der Waals surface area contributed by atoms with Gasteiger partial charge in [0.15, 0.2) is 0 Å². The van der Waals surface area contributed by atoms with Gasteiger partial charge in [0.2, 0.25) is 0 Å². The summed E-state index contributed by atoms with van der Waals surface area (Å²) < 4.78 is 11.0. The van der Waals surface area contributed by atoms with E-state index >= 15 is 0 Å². The molecule has 21 heavy (non-hydrogen) atoms. The molecule has 2 aliphatic rings. The monoisotopic (exact) mass is 298 g/mol. The predicted octanol–water partition coefficient (Wildman–Crippen LogP) is 2.40. The van der Waals surface area contributed by atoms with Gasteiger partial charge in [0, 0.05) is 32.3 Å². The molecule has 1 saturated heterocycles. The van der Waals surface area contributed by atoms with Crippen LogP contribution in [0.5, 0.6) is 0 Å². The second kappa shape index (κ2) is 7.45. The highest BCUT2D eigenvalue weighted by atomic mass is 16.6. The van der Waals surface area contributed by atoms with E-state index in [0.717, 1.165) is 45.7 Å². The number of hydrogen-bond donors (Lipinski definition) is 1. The van der Waals surface area contributed by atoms with Crippen LogP contribution in [0.25, 0.3) is 0 Å². The number of nitrogens with one attached hydrogen (secondary N) is 1. The molecule has 1 aliphatic heterocycles. The highest BCUT2D eigenvalue weighted by molar-refractivity contribution is 5.69. The molecule has 1 unspecified atom stereocenters. The number of hydrogen-bond acceptors (Lipinski definition) is 4. The fourth-order valence-electron chi connectivity index (χ4n) is 2.60. The molecule has 0 aromatic carbocycles. The first-order valence-electron chi connectivity index (χ1n) is 8.24. The number of carbonyl (C=O) groups is 1. The van der Waals surface area contributed by atoms with Gasteiger partial charge in [0.1, 0.15) is 5.60 Å². The Morgan fingerprint density at radius 3 is 2.67 bits per heavy atom. The summed E-state index contributed by atoms with van der Waals surface area (Å²) in [7, 11) is 0. The molecule has 0 bridgehead atoms. The quantitative estimate of drug-likeness (QED) is 0.765. The van der Waals surface area contributed by atoms with Crippen LogP contribution < -0.4 is 5.32 Å². The molecular weight excluding hydrogens is 268 g/mol. The third-order valence-corrected chi connectivity index (χ3v) is 3.83. The van der Waals surface area contributed by atoms with Crippen LogP contribution in [0.2, 0.25) is 0 Å². The van der Waals surface area contributed by atoms with E-state index in [1.165, 1.54) is 12.8 Å². The molecule has 0 aromatic rings. The van der Waals surface area contributed by atoms with Gasteiger partial charge in [-0.25, -0.2) is 4.79 Å². The molecule has 1 amide bonds. The van der Waals surface area contributed by atoms with Crippen LogP contribution in [-0.4, -0.2) is 55.5 Å². The molecule has 1 atom stereocenters. The van der Waals surface area contributed by atoms with Crippen LogP contribution in [0.15, 0.2) is 0 Å². The van der Waals surface area contributed by atoms with Crippen LogP contribution in [0.3, 0.4) is 0 Å². The summed E-state index contributed by atoms with van der Waals surface area (Å²) in [4.78, 5) is 14.1. The Labute approximate surface area is 128 Å². The van der Waals surface area contributed by atoms with Gasteiger partial charge >= 0.3 is 6.09 Å². The zero-order valence-corrected chi connectivity index (χ0v) is 13.7. The topological polar surface area (TPSA) is 50.8 Å². The van der Waals surface area contributed by atoms with Crippen molar-refractivity contribution in [1.29, 1.82) is 0 Å². The first kappa shape index (κ1) is 16.6. The number of rotatable bonds is 6. The minimum atomic E-state index is -0.420. The molecule has 5 nitrogen and oxygen atoms in total. The van der Waals surface area contributed by atoms with Gasteiger partial charge in [-0.2, -0.15) is 0 Å². The van der Waals surface area contributed by atoms with E-state index in [0.29, 0.717) is 12.0 Å². The SMILES string of the molecule is CC(C)(C)OC(=O)N(CCNCC1CCCOC1)C1CC1. The summed E-state index contributed by atoms with van der Waals surface area (Å²) >= 11 is 0. The molecule has 2 fully saturated rings. The largest absolute Gasteiger partial charge is 0.444 e. The van der Waals surface area contributed by atoms with E-state index < -0.39 is 5.60 Å². The van der Waals surface area contributed by atoms with E-state index in [9.17, 15) is 4.79 Å². The molecular formula is C16H30N2O3. The average molecular weight is 298 g/mol. The fourth-order valence-corrected chi connectivity index (χ4v) is 2.60. The molecule has 5 heteroatoms. The fraction of sp³-hybridized carbons (Fsp3) is 0.938. The van der Waals surface area contributed by atoms with Crippen molar-refractivity contribution < 1.29 is 14.3 Å². The summed E-state index contributed by atoms with van der Waals surface area (Å²) in [6.45, 7) is 10.0. The summed E-state index contributed by atoms with van der Waals surface area (Å²) in [5, 5.41) is 3.46. The van der Waals surface area contributed by atoms with E-state index in [-0.39, 0.29) is 6.09 Å². The van der Waals surface area contributed by atoms with Crippen molar-refractivity contribution in [1.82, 2.24) is 10.2 Å². The summed E-state index contributed by atoms with van der Waals surface area (Å²) in [6.07, 6.45) is 4.45. The molecule has 0 radical (unpaired) electrons. The van der Waals surface area contributed by atoms with Crippen molar-refractivity contribution in [2.75, 3.05) is 32.8 Å². The minimum absolute atomic E-state index is 0.173. The summed E-state index contributed by atoms with van der Waals surface area (Å²) in [6, 6.07) is 0.389. The molecule has 122 valence electrons. The zero-order chi connectivity index (χ0) is 15.3. The van der Waals surface area contributed by atoms with Gasteiger partial charge < -0.3 is 19.7 Å². The van der Waals surface area contributed by atoms with E-state index in [4.69, 9.17) is 9.47 Å². The minimum Gasteiger partial charge on any atom is -0.444 e. The van der Waals surface area contributed by atoms with Crippen LogP contribution in [0.1, 0.15) is 46.5 Å². The van der Waals surface area contributed by atoms with Crippen LogP contribution in [0.4, 0.5) is 4.79 Å². The lowest BCUT2D eigenvalue weighted by Gasteiger charge is -2.28. The maximum atomic E-state index is 12.2. The van der Waals surface area contributed by atoms with Gasteiger partial charge in [0.05, 0.1) is 6.61 Å². The lowest BCUT2D eigenvalue weighted by Crippen LogP contribution is -2.42. The molecule has 1 saturated carbocycles. The van der Waals surface area contributed by atoms with E-state index in [1.807, 2.05) is 25.7 Å². The van der Waals surface area contributed by atoms with Crippen molar-refractivity contribution in [3.05, 3.63) is 0 Å². The number of amides is 1. The molecule has 1 N–H and O–H groups in total. The average Bonchev–Trinajstić information content (AvgIpc) is 3.22. The smallest absolute Gasteiger partial charge is 0.410 e. The van der Waals surface area contributed by atoms with E-state index in [1.54, 1.807) is 0 Å². The third-order valence-electron chi connectivity index (χ3n) is 3.83. The van der Waals surface area contributed by atoms with Crippen molar-refractivity contribution in [3.63, 3.8) is 0 Å². The van der Waals surface area contributed by atoms with Crippen LogP contribution in [-0.2, 0) is 9.47 Å². The first-order chi connectivity index (χ1) is 9.96. The van der Waals surface area contributed by atoms with Crippen molar-refractivity contribution >= 4 is 6.09 Å². The zero-order valence-electron chi connectivity index (χ0n) is 13.7. The van der Waals surface area contributed by atoms with Gasteiger partial charge in [-0.1, -0.05) is 0 Å². The lowest BCUT2D eigenvalue weighted by atomic mass is 10.0. The number of carbonyl (C=O) groups excluding carboxylic acids is 1. The molecule has 2 rings (SSSR count). The van der Waals surface area contributed by atoms with Crippen molar-refractivity contribution in [2.24, 2.45) is 5.92 Å². The van der Waals surface area contributed by atoms with Gasteiger partial charge in [-0.05, 0) is 52.4 Å². The maximum absolute atomic E-state index is 12.2. The second-order valence-corrected chi connectivity index (χ2v) is 7.19. The maximum Gasteiger partial charge on any atom is 0.410 e. The Hall–Kier alpha value is -0.810. The summed E-state index contributed by atoms with van der Waals surface area (Å²) in [5.41, 5.74) is -0.420. The van der Waals surface area contributed by atoms with Crippen molar-refractivity contribution in [3.8, 4) is 0 Å². The summed E-state index contributed by atoms with van der Waals surface area (Å²) in [5.74, 6) is 0.620. The van der Waals surface area contributed by atoms with Crippen LogP contribution in [0, 0.1) is 5.92 Å². The van der Waals surface area contributed by atoms with Crippen molar-refractivity contribution in [2.45, 2.75) is 58.1 Å². The Bertz CT molecular complexity index is 331. The molecule has 1 heterocycles. The van der Waals surface area contributed by atoms with E-state index in [2.05, 4.69) is 5.32 Å². The predicted molar refractivity (Wildman–Crippen MR) is 82.4 cm³/mol. The van der Waals surface area contributed by atoms with Gasteiger partial charge in [-0.15, -0.1) is 0 Å². The molecule has 0 spiro atoms. The highest BCUT2D eigenvalue weighted by Crippen LogP contribution is 2.28. The second-order valence-electron chi connectivity index (χ2n) is 7.19. The highest BCUT2D eigenvalue weighted by Gasteiger charge is 2.34. The molecule has 1 aliphatic carbocycles.